The van der Waals surface area contributed by atoms with Gasteiger partial charge in [0.05, 0.1) is 33.0 Å². The fraction of sp³-hybridized carbons (Fsp3) is 0.263. The summed E-state index contributed by atoms with van der Waals surface area (Å²) in [5.41, 5.74) is 1.95. The maximum atomic E-state index is 10.2. The van der Waals surface area contributed by atoms with Gasteiger partial charge in [-0.3, -0.25) is 4.98 Å². The van der Waals surface area contributed by atoms with Crippen LogP contribution in [0, 0.1) is 0 Å². The van der Waals surface area contributed by atoms with Gasteiger partial charge in [0.1, 0.15) is 11.6 Å². The van der Waals surface area contributed by atoms with Crippen molar-refractivity contribution in [2.24, 2.45) is 0 Å². The molecule has 0 aliphatic heterocycles. The lowest BCUT2D eigenvalue weighted by Gasteiger charge is -2.14. The second kappa shape index (κ2) is 8.41. The summed E-state index contributed by atoms with van der Waals surface area (Å²) in [6, 6.07) is 11.5. The Labute approximate surface area is 146 Å². The van der Waals surface area contributed by atoms with Gasteiger partial charge >= 0.3 is 0 Å². The second-order valence-corrected chi connectivity index (χ2v) is 5.66. The number of benzene rings is 1. The molecule has 1 unspecified atom stereocenters. The highest BCUT2D eigenvalue weighted by Gasteiger charge is 2.11. The maximum Gasteiger partial charge on any atom is 0.141 e. The number of aliphatic hydroxyl groups is 1. The normalized spacial score (nSPS) is 12.1. The lowest BCUT2D eigenvalue weighted by Crippen LogP contribution is -2.22. The van der Waals surface area contributed by atoms with Crippen LogP contribution in [0.3, 0.4) is 0 Å². The van der Waals surface area contributed by atoms with Crippen LogP contribution in [0.25, 0.3) is 11.4 Å². The van der Waals surface area contributed by atoms with Gasteiger partial charge in [-0.15, -0.1) is 0 Å². The smallest absolute Gasteiger partial charge is 0.141 e. The highest BCUT2D eigenvalue weighted by atomic mass is 16.5. The van der Waals surface area contributed by atoms with Gasteiger partial charge in [-0.05, 0) is 29.8 Å². The Hall–Kier alpha value is -2.70. The average Bonchev–Trinajstić information content (AvgIpc) is 3.11. The Balaban J connectivity index is 1.51. The van der Waals surface area contributed by atoms with Gasteiger partial charge < -0.3 is 19.1 Å². The van der Waals surface area contributed by atoms with Crippen molar-refractivity contribution in [2.45, 2.75) is 19.3 Å². The number of imidazole rings is 1. The summed E-state index contributed by atoms with van der Waals surface area (Å²) in [6.45, 7) is 1.10. The molecule has 0 aliphatic carbocycles. The number of pyridine rings is 1. The monoisotopic (exact) mass is 339 g/mol. The minimum Gasteiger partial charge on any atom is -0.497 e. The molecule has 1 aromatic carbocycles. The largest absolute Gasteiger partial charge is 0.497 e. The van der Waals surface area contributed by atoms with Gasteiger partial charge in [0, 0.05) is 30.4 Å². The Morgan fingerprint density at radius 3 is 2.72 bits per heavy atom. The van der Waals surface area contributed by atoms with E-state index in [0.29, 0.717) is 13.2 Å². The van der Waals surface area contributed by atoms with E-state index < -0.39 is 6.10 Å². The highest BCUT2D eigenvalue weighted by Crippen LogP contribution is 2.16. The van der Waals surface area contributed by atoms with Gasteiger partial charge in [-0.25, -0.2) is 4.98 Å². The molecule has 6 heteroatoms. The van der Waals surface area contributed by atoms with Crippen LogP contribution in [0.5, 0.6) is 5.75 Å². The maximum absolute atomic E-state index is 10.2. The first-order valence-corrected chi connectivity index (χ1v) is 8.06. The first kappa shape index (κ1) is 17.1. The molecule has 25 heavy (non-hydrogen) atoms. The minimum absolute atomic E-state index is 0.247. The number of hydrogen-bond donors (Lipinski definition) is 1. The Kier molecular flexibility index (Phi) is 5.77. The molecule has 6 nitrogen and oxygen atoms in total. The van der Waals surface area contributed by atoms with E-state index in [1.54, 1.807) is 25.7 Å². The predicted octanol–water partition coefficient (Wildman–Crippen LogP) is 2.53. The van der Waals surface area contributed by atoms with Gasteiger partial charge in [-0.2, -0.15) is 0 Å². The van der Waals surface area contributed by atoms with Crippen molar-refractivity contribution in [1.82, 2.24) is 14.5 Å². The second-order valence-electron chi connectivity index (χ2n) is 5.66. The topological polar surface area (TPSA) is 69.4 Å². The van der Waals surface area contributed by atoms with Crippen molar-refractivity contribution >= 4 is 0 Å². The minimum atomic E-state index is -0.622. The first-order chi connectivity index (χ1) is 12.3. The van der Waals surface area contributed by atoms with Crippen molar-refractivity contribution in [2.75, 3.05) is 13.7 Å². The summed E-state index contributed by atoms with van der Waals surface area (Å²) in [7, 11) is 1.64. The molecular weight excluding hydrogens is 318 g/mol. The van der Waals surface area contributed by atoms with Crippen LogP contribution in [-0.4, -0.2) is 39.5 Å². The molecule has 0 spiro atoms. The van der Waals surface area contributed by atoms with Gasteiger partial charge in [0.15, 0.2) is 0 Å². The van der Waals surface area contributed by atoms with Crippen LogP contribution in [0.15, 0.2) is 61.2 Å². The van der Waals surface area contributed by atoms with Gasteiger partial charge in [-0.1, -0.05) is 12.1 Å². The lowest BCUT2D eigenvalue weighted by molar-refractivity contribution is 0.0205. The molecule has 0 radical (unpaired) electrons. The van der Waals surface area contributed by atoms with E-state index in [0.717, 1.165) is 22.7 Å². The van der Waals surface area contributed by atoms with Crippen LogP contribution < -0.4 is 4.74 Å². The fourth-order valence-corrected chi connectivity index (χ4v) is 2.53. The fourth-order valence-electron chi connectivity index (χ4n) is 2.53. The summed E-state index contributed by atoms with van der Waals surface area (Å²) in [4.78, 5) is 8.45. The number of hydrogen-bond acceptors (Lipinski definition) is 5. The molecule has 0 aliphatic rings. The van der Waals surface area contributed by atoms with E-state index in [-0.39, 0.29) is 6.61 Å². The summed E-state index contributed by atoms with van der Waals surface area (Å²) >= 11 is 0. The molecule has 2 heterocycles. The lowest BCUT2D eigenvalue weighted by atomic mass is 10.2. The van der Waals surface area contributed by atoms with E-state index in [2.05, 4.69) is 9.97 Å². The molecule has 0 fully saturated rings. The Morgan fingerprint density at radius 1 is 1.16 bits per heavy atom. The summed E-state index contributed by atoms with van der Waals surface area (Å²) in [5.74, 6) is 1.59. The molecule has 1 N–H and O–H groups in total. The van der Waals surface area contributed by atoms with E-state index in [4.69, 9.17) is 9.47 Å². The van der Waals surface area contributed by atoms with Crippen LogP contribution in [0.4, 0.5) is 0 Å². The number of ether oxygens (including phenoxy) is 2. The molecular formula is C19H21N3O3. The summed E-state index contributed by atoms with van der Waals surface area (Å²) in [6.07, 6.45) is 6.41. The Bertz CT molecular complexity index is 772. The number of aliphatic hydroxyl groups excluding tert-OH is 1. The third-order valence-corrected chi connectivity index (χ3v) is 3.78. The SMILES string of the molecule is COc1ccc(COCC(O)Cn2ccnc2-c2cccnc2)cc1. The molecule has 0 amide bonds. The van der Waals surface area contributed by atoms with Crippen molar-refractivity contribution in [3.63, 3.8) is 0 Å². The third-order valence-electron chi connectivity index (χ3n) is 3.78. The van der Waals surface area contributed by atoms with Crippen molar-refractivity contribution in [3.05, 3.63) is 66.7 Å². The molecule has 0 saturated heterocycles. The zero-order valence-corrected chi connectivity index (χ0v) is 14.1. The molecule has 130 valence electrons. The van der Waals surface area contributed by atoms with Crippen molar-refractivity contribution < 1.29 is 14.6 Å². The average molecular weight is 339 g/mol. The molecule has 3 rings (SSSR count). The highest BCUT2D eigenvalue weighted by molar-refractivity contribution is 5.53. The van der Waals surface area contributed by atoms with E-state index >= 15 is 0 Å². The van der Waals surface area contributed by atoms with Crippen LogP contribution in [0.2, 0.25) is 0 Å². The Morgan fingerprint density at radius 2 is 2.00 bits per heavy atom. The van der Waals surface area contributed by atoms with Crippen molar-refractivity contribution in [1.29, 1.82) is 0 Å². The van der Waals surface area contributed by atoms with Crippen molar-refractivity contribution in [3.8, 4) is 17.1 Å². The third kappa shape index (κ3) is 4.65. The van der Waals surface area contributed by atoms with E-state index in [1.165, 1.54) is 0 Å². The molecule has 0 bridgehead atoms. The van der Waals surface area contributed by atoms with Crippen LogP contribution in [0.1, 0.15) is 5.56 Å². The summed E-state index contributed by atoms with van der Waals surface area (Å²) in [5, 5.41) is 10.2. The molecule has 2 aromatic heterocycles. The van der Waals surface area contributed by atoms with Crippen LogP contribution >= 0.6 is 0 Å². The number of methoxy groups -OCH3 is 1. The quantitative estimate of drug-likeness (QED) is 0.683. The zero-order chi connectivity index (χ0) is 17.5. The van der Waals surface area contributed by atoms with E-state index in [1.807, 2.05) is 47.2 Å². The predicted molar refractivity (Wildman–Crippen MR) is 94.1 cm³/mol. The zero-order valence-electron chi connectivity index (χ0n) is 14.1. The number of aromatic nitrogens is 3. The number of rotatable bonds is 8. The number of nitrogens with zero attached hydrogens (tertiary/aromatic N) is 3. The van der Waals surface area contributed by atoms with Gasteiger partial charge in [0.2, 0.25) is 0 Å². The van der Waals surface area contributed by atoms with Gasteiger partial charge in [0.25, 0.3) is 0 Å². The molecule has 0 saturated carbocycles. The standard InChI is InChI=1S/C19H21N3O3/c1-24-18-6-4-15(5-7-18)13-25-14-17(23)12-22-10-9-21-19(22)16-3-2-8-20-11-16/h2-11,17,23H,12-14H2,1H3. The van der Waals surface area contributed by atoms with E-state index in [9.17, 15) is 5.11 Å². The molecule has 1 atom stereocenters. The molecule has 3 aromatic rings. The first-order valence-electron chi connectivity index (χ1n) is 8.06. The summed E-state index contributed by atoms with van der Waals surface area (Å²) < 4.78 is 12.6. The van der Waals surface area contributed by atoms with Crippen LogP contribution in [-0.2, 0) is 17.9 Å².